The van der Waals surface area contributed by atoms with Crippen molar-refractivity contribution in [3.05, 3.63) is 29.8 Å². The standard InChI is InChI=1S/C14H22O3/c1-4-13(17-5-2)12(15)10-11-8-6-7-9-14(11)16-3/h6-9,12-13,15H,4-5,10H2,1-3H3. The highest BCUT2D eigenvalue weighted by Gasteiger charge is 2.19. The van der Waals surface area contributed by atoms with Crippen molar-refractivity contribution in [2.45, 2.75) is 38.9 Å². The zero-order valence-corrected chi connectivity index (χ0v) is 10.8. The molecule has 0 saturated heterocycles. The van der Waals surface area contributed by atoms with Gasteiger partial charge in [0.1, 0.15) is 5.75 Å². The molecule has 96 valence electrons. The van der Waals surface area contributed by atoms with Gasteiger partial charge in [-0.3, -0.25) is 0 Å². The molecule has 0 heterocycles. The molecule has 1 rings (SSSR count). The molecule has 2 atom stereocenters. The summed E-state index contributed by atoms with van der Waals surface area (Å²) in [7, 11) is 1.64. The molecule has 0 bridgehead atoms. The SMILES string of the molecule is CCOC(CC)C(O)Cc1ccccc1OC. The predicted octanol–water partition coefficient (Wildman–Crippen LogP) is 2.41. The summed E-state index contributed by atoms with van der Waals surface area (Å²) in [5.74, 6) is 0.818. The zero-order valence-electron chi connectivity index (χ0n) is 10.8. The van der Waals surface area contributed by atoms with Crippen LogP contribution in [0.1, 0.15) is 25.8 Å². The fourth-order valence-corrected chi connectivity index (χ4v) is 1.94. The van der Waals surface area contributed by atoms with Gasteiger partial charge in [-0.25, -0.2) is 0 Å². The molecule has 0 aromatic heterocycles. The molecule has 2 unspecified atom stereocenters. The van der Waals surface area contributed by atoms with E-state index in [0.29, 0.717) is 13.0 Å². The van der Waals surface area contributed by atoms with Gasteiger partial charge in [0, 0.05) is 13.0 Å². The molecule has 3 heteroatoms. The first-order chi connectivity index (χ1) is 8.22. The highest BCUT2D eigenvalue weighted by Crippen LogP contribution is 2.20. The average Bonchev–Trinajstić information content (AvgIpc) is 2.36. The highest BCUT2D eigenvalue weighted by atomic mass is 16.5. The van der Waals surface area contributed by atoms with Crippen LogP contribution in [0.2, 0.25) is 0 Å². The molecule has 0 aliphatic carbocycles. The second-order valence-electron chi connectivity index (χ2n) is 3.99. The lowest BCUT2D eigenvalue weighted by Crippen LogP contribution is -2.30. The number of aliphatic hydroxyl groups excluding tert-OH is 1. The smallest absolute Gasteiger partial charge is 0.122 e. The summed E-state index contributed by atoms with van der Waals surface area (Å²) in [4.78, 5) is 0. The summed E-state index contributed by atoms with van der Waals surface area (Å²) in [5, 5.41) is 10.1. The van der Waals surface area contributed by atoms with Crippen LogP contribution in [0.4, 0.5) is 0 Å². The van der Waals surface area contributed by atoms with Crippen LogP contribution in [0.25, 0.3) is 0 Å². The molecule has 17 heavy (non-hydrogen) atoms. The summed E-state index contributed by atoms with van der Waals surface area (Å²) in [6.07, 6.45) is 0.772. The molecule has 1 N–H and O–H groups in total. The first-order valence-electron chi connectivity index (χ1n) is 6.14. The number of rotatable bonds is 7. The number of methoxy groups -OCH3 is 1. The third kappa shape index (κ3) is 4.02. The van der Waals surface area contributed by atoms with Gasteiger partial charge in [0.05, 0.1) is 19.3 Å². The van der Waals surface area contributed by atoms with Crippen molar-refractivity contribution in [3.8, 4) is 5.75 Å². The van der Waals surface area contributed by atoms with E-state index in [1.165, 1.54) is 0 Å². The Bertz CT molecular complexity index is 325. The first kappa shape index (κ1) is 14.0. The Hall–Kier alpha value is -1.06. The lowest BCUT2D eigenvalue weighted by molar-refractivity contribution is -0.0336. The summed E-state index contributed by atoms with van der Waals surface area (Å²) in [6.45, 7) is 4.59. The lowest BCUT2D eigenvalue weighted by atomic mass is 10.0. The van der Waals surface area contributed by atoms with Crippen LogP contribution < -0.4 is 4.74 Å². The van der Waals surface area contributed by atoms with Gasteiger partial charge in [-0.15, -0.1) is 0 Å². The molecule has 0 spiro atoms. The number of hydrogen-bond donors (Lipinski definition) is 1. The normalized spacial score (nSPS) is 14.4. The molecule has 0 aliphatic heterocycles. The lowest BCUT2D eigenvalue weighted by Gasteiger charge is -2.22. The number of para-hydroxylation sites is 1. The zero-order chi connectivity index (χ0) is 12.7. The maximum absolute atomic E-state index is 10.1. The predicted molar refractivity (Wildman–Crippen MR) is 68.4 cm³/mol. The number of hydrogen-bond acceptors (Lipinski definition) is 3. The van der Waals surface area contributed by atoms with Crippen molar-refractivity contribution in [1.82, 2.24) is 0 Å². The van der Waals surface area contributed by atoms with Gasteiger partial charge < -0.3 is 14.6 Å². The van der Waals surface area contributed by atoms with Crippen molar-refractivity contribution >= 4 is 0 Å². The van der Waals surface area contributed by atoms with E-state index in [1.54, 1.807) is 7.11 Å². The quantitative estimate of drug-likeness (QED) is 0.793. The molecular formula is C14H22O3. The van der Waals surface area contributed by atoms with Crippen LogP contribution >= 0.6 is 0 Å². The minimum absolute atomic E-state index is 0.107. The van der Waals surface area contributed by atoms with Gasteiger partial charge >= 0.3 is 0 Å². The summed E-state index contributed by atoms with van der Waals surface area (Å²) < 4.78 is 10.8. The second kappa shape index (κ2) is 7.30. The molecule has 1 aromatic carbocycles. The third-order valence-electron chi connectivity index (χ3n) is 2.83. The van der Waals surface area contributed by atoms with Crippen LogP contribution in [0.15, 0.2) is 24.3 Å². The van der Waals surface area contributed by atoms with E-state index in [0.717, 1.165) is 17.7 Å². The van der Waals surface area contributed by atoms with Crippen LogP contribution in [0.5, 0.6) is 5.75 Å². The number of benzene rings is 1. The third-order valence-corrected chi connectivity index (χ3v) is 2.83. The largest absolute Gasteiger partial charge is 0.496 e. The number of ether oxygens (including phenoxy) is 2. The van der Waals surface area contributed by atoms with E-state index in [1.807, 2.05) is 38.1 Å². The van der Waals surface area contributed by atoms with E-state index >= 15 is 0 Å². The van der Waals surface area contributed by atoms with Crippen molar-refractivity contribution < 1.29 is 14.6 Å². The van der Waals surface area contributed by atoms with Crippen molar-refractivity contribution in [2.75, 3.05) is 13.7 Å². The van der Waals surface area contributed by atoms with Gasteiger partial charge in [0.25, 0.3) is 0 Å². The van der Waals surface area contributed by atoms with Crippen molar-refractivity contribution in [2.24, 2.45) is 0 Å². The topological polar surface area (TPSA) is 38.7 Å². The first-order valence-corrected chi connectivity index (χ1v) is 6.14. The van der Waals surface area contributed by atoms with Gasteiger partial charge in [0.2, 0.25) is 0 Å². The molecule has 0 aliphatic rings. The van der Waals surface area contributed by atoms with E-state index in [2.05, 4.69) is 0 Å². The van der Waals surface area contributed by atoms with Gasteiger partial charge in [0.15, 0.2) is 0 Å². The van der Waals surface area contributed by atoms with Gasteiger partial charge in [-0.2, -0.15) is 0 Å². The minimum atomic E-state index is -0.490. The Labute approximate surface area is 103 Å². The fraction of sp³-hybridized carbons (Fsp3) is 0.571. The average molecular weight is 238 g/mol. The van der Waals surface area contributed by atoms with E-state index in [4.69, 9.17) is 9.47 Å². The molecule has 3 nitrogen and oxygen atoms in total. The van der Waals surface area contributed by atoms with Crippen LogP contribution in [-0.2, 0) is 11.2 Å². The molecule has 1 aromatic rings. The Morgan fingerprint density at radius 3 is 2.53 bits per heavy atom. The maximum atomic E-state index is 10.1. The summed E-state index contributed by atoms with van der Waals surface area (Å²) in [6, 6.07) is 7.76. The Kier molecular flexibility index (Phi) is 6.01. The molecule has 0 radical (unpaired) electrons. The highest BCUT2D eigenvalue weighted by molar-refractivity contribution is 5.33. The second-order valence-corrected chi connectivity index (χ2v) is 3.99. The van der Waals surface area contributed by atoms with Crippen LogP contribution in [-0.4, -0.2) is 31.0 Å². The van der Waals surface area contributed by atoms with Gasteiger partial charge in [-0.1, -0.05) is 25.1 Å². The van der Waals surface area contributed by atoms with E-state index in [-0.39, 0.29) is 6.10 Å². The van der Waals surface area contributed by atoms with E-state index in [9.17, 15) is 5.11 Å². The molecule has 0 fully saturated rings. The van der Waals surface area contributed by atoms with Gasteiger partial charge in [-0.05, 0) is 25.0 Å². The van der Waals surface area contributed by atoms with E-state index < -0.39 is 6.10 Å². The van der Waals surface area contributed by atoms with Crippen LogP contribution in [0, 0.1) is 0 Å². The molecular weight excluding hydrogens is 216 g/mol. The molecule has 0 amide bonds. The number of aliphatic hydroxyl groups is 1. The summed E-state index contributed by atoms with van der Waals surface area (Å²) >= 11 is 0. The Balaban J connectivity index is 2.68. The van der Waals surface area contributed by atoms with Crippen LogP contribution in [0.3, 0.4) is 0 Å². The monoisotopic (exact) mass is 238 g/mol. The minimum Gasteiger partial charge on any atom is -0.496 e. The Morgan fingerprint density at radius 1 is 1.24 bits per heavy atom. The maximum Gasteiger partial charge on any atom is 0.122 e. The summed E-state index contributed by atoms with van der Waals surface area (Å²) in [5.41, 5.74) is 1.01. The van der Waals surface area contributed by atoms with Crippen molar-refractivity contribution in [1.29, 1.82) is 0 Å². The fourth-order valence-electron chi connectivity index (χ4n) is 1.94. The molecule has 0 saturated carbocycles. The van der Waals surface area contributed by atoms with Crippen molar-refractivity contribution in [3.63, 3.8) is 0 Å². The Morgan fingerprint density at radius 2 is 1.94 bits per heavy atom.